The number of carboxylic acids is 1. The molecule has 17 heavy (non-hydrogen) atoms. The van der Waals surface area contributed by atoms with Gasteiger partial charge in [-0.25, -0.2) is 9.59 Å². The van der Waals surface area contributed by atoms with Crippen LogP contribution in [-0.2, 0) is 4.79 Å². The number of carbonyl (C=O) groups excluding carboxylic acids is 1. The molecule has 0 unspecified atom stereocenters. The molecular weight excluding hydrogens is 220 g/mol. The SMILES string of the molecule is CCCCCCNC(=O)N[C@@H](CCC)C(=O)O. The molecule has 0 saturated heterocycles. The summed E-state index contributed by atoms with van der Waals surface area (Å²) in [5.41, 5.74) is 0. The predicted octanol–water partition coefficient (Wildman–Crippen LogP) is 2.12. The maximum absolute atomic E-state index is 11.4. The molecule has 0 bridgehead atoms. The molecule has 0 aromatic heterocycles. The normalized spacial score (nSPS) is 11.9. The molecule has 0 aliphatic carbocycles. The van der Waals surface area contributed by atoms with Crippen LogP contribution < -0.4 is 10.6 Å². The summed E-state index contributed by atoms with van der Waals surface area (Å²) in [5.74, 6) is -0.979. The summed E-state index contributed by atoms with van der Waals surface area (Å²) in [4.78, 5) is 22.2. The molecule has 5 nitrogen and oxygen atoms in total. The zero-order valence-electron chi connectivity index (χ0n) is 10.8. The third-order valence-corrected chi connectivity index (χ3v) is 2.50. The minimum Gasteiger partial charge on any atom is -0.480 e. The molecule has 0 aliphatic rings. The van der Waals surface area contributed by atoms with Gasteiger partial charge in [0.2, 0.25) is 0 Å². The van der Waals surface area contributed by atoms with E-state index in [4.69, 9.17) is 5.11 Å². The quantitative estimate of drug-likeness (QED) is 0.544. The van der Waals surface area contributed by atoms with Crippen LogP contribution in [0.3, 0.4) is 0 Å². The molecule has 0 rings (SSSR count). The van der Waals surface area contributed by atoms with E-state index >= 15 is 0 Å². The van der Waals surface area contributed by atoms with E-state index in [1.165, 1.54) is 0 Å². The van der Waals surface area contributed by atoms with Crippen molar-refractivity contribution in [3.05, 3.63) is 0 Å². The number of amides is 2. The monoisotopic (exact) mass is 244 g/mol. The molecule has 0 aromatic rings. The highest BCUT2D eigenvalue weighted by atomic mass is 16.4. The summed E-state index contributed by atoms with van der Waals surface area (Å²) < 4.78 is 0. The van der Waals surface area contributed by atoms with Gasteiger partial charge in [0.05, 0.1) is 0 Å². The van der Waals surface area contributed by atoms with Gasteiger partial charge in [-0.2, -0.15) is 0 Å². The number of rotatable bonds is 9. The van der Waals surface area contributed by atoms with E-state index in [1.807, 2.05) is 6.92 Å². The number of hydrogen-bond donors (Lipinski definition) is 3. The molecule has 5 heteroatoms. The number of hydrogen-bond acceptors (Lipinski definition) is 2. The molecule has 0 aliphatic heterocycles. The van der Waals surface area contributed by atoms with Crippen molar-refractivity contribution in [1.82, 2.24) is 10.6 Å². The van der Waals surface area contributed by atoms with Gasteiger partial charge >= 0.3 is 12.0 Å². The van der Waals surface area contributed by atoms with Crippen molar-refractivity contribution in [2.24, 2.45) is 0 Å². The second-order valence-corrected chi connectivity index (χ2v) is 4.14. The van der Waals surface area contributed by atoms with Crippen LogP contribution in [0.1, 0.15) is 52.4 Å². The minimum atomic E-state index is -0.979. The smallest absolute Gasteiger partial charge is 0.326 e. The van der Waals surface area contributed by atoms with Crippen molar-refractivity contribution < 1.29 is 14.7 Å². The highest BCUT2D eigenvalue weighted by Crippen LogP contribution is 1.98. The average molecular weight is 244 g/mol. The summed E-state index contributed by atoms with van der Waals surface area (Å²) >= 11 is 0. The Morgan fingerprint density at radius 2 is 1.82 bits per heavy atom. The lowest BCUT2D eigenvalue weighted by Crippen LogP contribution is -2.46. The first-order chi connectivity index (χ1) is 8.11. The van der Waals surface area contributed by atoms with Crippen LogP contribution in [0.4, 0.5) is 4.79 Å². The Morgan fingerprint density at radius 3 is 2.35 bits per heavy atom. The Labute approximate surface area is 103 Å². The fourth-order valence-electron chi connectivity index (χ4n) is 1.51. The lowest BCUT2D eigenvalue weighted by Gasteiger charge is -2.14. The van der Waals surface area contributed by atoms with Crippen LogP contribution in [0.15, 0.2) is 0 Å². The van der Waals surface area contributed by atoms with Gasteiger partial charge in [-0.3, -0.25) is 0 Å². The Kier molecular flexibility index (Phi) is 9.19. The van der Waals surface area contributed by atoms with Crippen LogP contribution in [0.25, 0.3) is 0 Å². The van der Waals surface area contributed by atoms with E-state index < -0.39 is 12.0 Å². The van der Waals surface area contributed by atoms with Crippen molar-refractivity contribution in [2.45, 2.75) is 58.4 Å². The minimum absolute atomic E-state index is 0.387. The zero-order chi connectivity index (χ0) is 13.1. The molecule has 0 saturated carbocycles. The second-order valence-electron chi connectivity index (χ2n) is 4.14. The van der Waals surface area contributed by atoms with Gasteiger partial charge in [-0.1, -0.05) is 39.5 Å². The van der Waals surface area contributed by atoms with Gasteiger partial charge in [-0.05, 0) is 12.8 Å². The molecule has 3 N–H and O–H groups in total. The molecule has 100 valence electrons. The molecular formula is C12H24N2O3. The topological polar surface area (TPSA) is 78.4 Å². The van der Waals surface area contributed by atoms with E-state index in [9.17, 15) is 9.59 Å². The summed E-state index contributed by atoms with van der Waals surface area (Å²) in [7, 11) is 0. The number of aliphatic carboxylic acids is 1. The van der Waals surface area contributed by atoms with Gasteiger partial charge in [-0.15, -0.1) is 0 Å². The van der Waals surface area contributed by atoms with E-state index in [0.717, 1.165) is 32.1 Å². The Hall–Kier alpha value is -1.26. The van der Waals surface area contributed by atoms with E-state index in [0.29, 0.717) is 13.0 Å². The molecule has 0 heterocycles. The van der Waals surface area contributed by atoms with Crippen molar-refractivity contribution in [2.75, 3.05) is 6.54 Å². The largest absolute Gasteiger partial charge is 0.480 e. The summed E-state index contributed by atoms with van der Waals surface area (Å²) in [6.45, 7) is 4.62. The molecule has 2 amide bonds. The number of carbonyl (C=O) groups is 2. The Morgan fingerprint density at radius 1 is 1.12 bits per heavy atom. The van der Waals surface area contributed by atoms with E-state index in [2.05, 4.69) is 17.6 Å². The summed E-state index contributed by atoms with van der Waals surface area (Å²) in [6, 6.07) is -1.17. The Balaban J connectivity index is 3.71. The fraction of sp³-hybridized carbons (Fsp3) is 0.833. The first-order valence-corrected chi connectivity index (χ1v) is 6.39. The van der Waals surface area contributed by atoms with Crippen molar-refractivity contribution in [3.63, 3.8) is 0 Å². The first-order valence-electron chi connectivity index (χ1n) is 6.39. The van der Waals surface area contributed by atoms with E-state index in [-0.39, 0.29) is 6.03 Å². The lowest BCUT2D eigenvalue weighted by molar-refractivity contribution is -0.139. The zero-order valence-corrected chi connectivity index (χ0v) is 10.8. The van der Waals surface area contributed by atoms with Crippen LogP contribution >= 0.6 is 0 Å². The summed E-state index contributed by atoms with van der Waals surface area (Å²) in [5, 5.41) is 14.0. The van der Waals surface area contributed by atoms with Crippen molar-refractivity contribution in [1.29, 1.82) is 0 Å². The number of carboxylic acid groups (broad SMARTS) is 1. The number of nitrogens with one attached hydrogen (secondary N) is 2. The van der Waals surface area contributed by atoms with Crippen molar-refractivity contribution >= 4 is 12.0 Å². The number of urea groups is 1. The standard InChI is InChI=1S/C12H24N2O3/c1-3-5-6-7-9-13-12(17)14-10(8-4-2)11(15)16/h10H,3-9H2,1-2H3,(H,15,16)(H2,13,14,17)/t10-/m0/s1. The maximum Gasteiger partial charge on any atom is 0.326 e. The summed E-state index contributed by atoms with van der Waals surface area (Å²) in [6.07, 6.45) is 5.54. The van der Waals surface area contributed by atoms with Crippen molar-refractivity contribution in [3.8, 4) is 0 Å². The Bertz CT molecular complexity index is 232. The third-order valence-electron chi connectivity index (χ3n) is 2.50. The van der Waals surface area contributed by atoms with Crippen LogP contribution in [0.5, 0.6) is 0 Å². The molecule has 0 spiro atoms. The van der Waals surface area contributed by atoms with Gasteiger partial charge < -0.3 is 15.7 Å². The first kappa shape index (κ1) is 15.7. The maximum atomic E-state index is 11.4. The highest BCUT2D eigenvalue weighted by Gasteiger charge is 2.17. The molecule has 0 aromatic carbocycles. The van der Waals surface area contributed by atoms with Crippen LogP contribution in [0.2, 0.25) is 0 Å². The van der Waals surface area contributed by atoms with E-state index in [1.54, 1.807) is 0 Å². The highest BCUT2D eigenvalue weighted by molar-refractivity contribution is 5.82. The lowest BCUT2D eigenvalue weighted by atomic mass is 10.2. The van der Waals surface area contributed by atoms with Crippen LogP contribution in [-0.4, -0.2) is 29.7 Å². The molecule has 0 fully saturated rings. The van der Waals surface area contributed by atoms with Gasteiger partial charge in [0.15, 0.2) is 0 Å². The number of unbranched alkanes of at least 4 members (excludes halogenated alkanes) is 3. The van der Waals surface area contributed by atoms with Gasteiger partial charge in [0.1, 0.15) is 6.04 Å². The van der Waals surface area contributed by atoms with Gasteiger partial charge in [0, 0.05) is 6.54 Å². The van der Waals surface area contributed by atoms with Crippen LogP contribution in [0, 0.1) is 0 Å². The fourth-order valence-corrected chi connectivity index (χ4v) is 1.51. The second kappa shape index (κ2) is 9.93. The average Bonchev–Trinajstić information content (AvgIpc) is 2.28. The van der Waals surface area contributed by atoms with Gasteiger partial charge in [0.25, 0.3) is 0 Å². The third kappa shape index (κ3) is 8.54. The molecule has 1 atom stereocenters. The predicted molar refractivity (Wildman–Crippen MR) is 67.0 cm³/mol. The molecule has 0 radical (unpaired) electrons.